The molecule has 2 heterocycles. The predicted molar refractivity (Wildman–Crippen MR) is 131 cm³/mol. The molecule has 3 atom stereocenters. The van der Waals surface area contributed by atoms with Gasteiger partial charge in [-0.15, -0.1) is 0 Å². The molecule has 2 aliphatic heterocycles. The third-order valence-electron chi connectivity index (χ3n) is 7.53. The van der Waals surface area contributed by atoms with Crippen LogP contribution < -0.4 is 5.32 Å². The van der Waals surface area contributed by atoms with Gasteiger partial charge in [0.1, 0.15) is 6.04 Å². The van der Waals surface area contributed by atoms with Crippen LogP contribution in [0.3, 0.4) is 0 Å². The molecule has 1 saturated heterocycles. The van der Waals surface area contributed by atoms with Crippen LogP contribution in [-0.4, -0.2) is 46.7 Å². The van der Waals surface area contributed by atoms with Gasteiger partial charge in [0, 0.05) is 37.2 Å². The average molecular weight is 452 g/mol. The molecule has 1 aromatic rings. The van der Waals surface area contributed by atoms with Gasteiger partial charge in [0.05, 0.1) is 11.6 Å². The minimum Gasteiger partial charge on any atom is -0.391 e. The van der Waals surface area contributed by atoms with Crippen molar-refractivity contribution in [3.05, 3.63) is 41.1 Å². The summed E-state index contributed by atoms with van der Waals surface area (Å²) in [5, 5.41) is 13.6. The molecule has 2 N–H and O–H groups in total. The highest BCUT2D eigenvalue weighted by Gasteiger charge is 2.49. The van der Waals surface area contributed by atoms with Gasteiger partial charge in [-0.1, -0.05) is 52.0 Å². The first-order valence-electron chi connectivity index (χ1n) is 12.2. The Bertz CT molecular complexity index is 983. The lowest BCUT2D eigenvalue weighted by molar-refractivity contribution is -0.145. The van der Waals surface area contributed by atoms with Crippen LogP contribution in [0.25, 0.3) is 5.57 Å². The van der Waals surface area contributed by atoms with Crippen LogP contribution >= 0.6 is 0 Å². The van der Waals surface area contributed by atoms with Gasteiger partial charge in [-0.2, -0.15) is 0 Å². The summed E-state index contributed by atoms with van der Waals surface area (Å²) in [7, 11) is 0. The van der Waals surface area contributed by atoms with Crippen LogP contribution in [0.15, 0.2) is 35.0 Å². The molecule has 6 heteroatoms. The van der Waals surface area contributed by atoms with Crippen molar-refractivity contribution in [2.24, 2.45) is 16.3 Å². The number of likely N-dealkylation sites (tertiary alicyclic amines) is 1. The van der Waals surface area contributed by atoms with Gasteiger partial charge < -0.3 is 15.3 Å². The van der Waals surface area contributed by atoms with Crippen molar-refractivity contribution in [3.63, 3.8) is 0 Å². The number of hydrogen-bond acceptors (Lipinski definition) is 4. The summed E-state index contributed by atoms with van der Waals surface area (Å²) < 4.78 is 0. The number of aliphatic imine (C=N–C) groups is 1. The molecule has 0 bridgehead atoms. The Hall–Kier alpha value is -2.47. The van der Waals surface area contributed by atoms with Crippen LogP contribution in [0.4, 0.5) is 0 Å². The van der Waals surface area contributed by atoms with Crippen LogP contribution in [-0.2, 0) is 15.1 Å². The summed E-state index contributed by atoms with van der Waals surface area (Å²) in [6, 6.07) is 7.79. The maximum Gasteiger partial charge on any atom is 0.243 e. The zero-order chi connectivity index (χ0) is 24.0. The van der Waals surface area contributed by atoms with E-state index in [0.29, 0.717) is 12.8 Å². The maximum absolute atomic E-state index is 13.4. The third kappa shape index (κ3) is 4.63. The van der Waals surface area contributed by atoms with E-state index in [1.807, 2.05) is 20.1 Å². The van der Waals surface area contributed by atoms with Crippen molar-refractivity contribution in [1.82, 2.24) is 10.2 Å². The zero-order valence-electron chi connectivity index (χ0n) is 20.5. The fraction of sp³-hybridized carbons (Fsp3) is 0.593. The molecule has 0 spiro atoms. The quantitative estimate of drug-likeness (QED) is 0.685. The SMILES string of the molecule is CC[C@H](C(=O)N1C[C@H](O)C[C@H]1C(=O)NC1(c2ccc(C3=C(C)N=CC3)cc2)CC1)C(C)(C)C. The van der Waals surface area contributed by atoms with Gasteiger partial charge in [0.25, 0.3) is 0 Å². The highest BCUT2D eigenvalue weighted by Crippen LogP contribution is 2.46. The summed E-state index contributed by atoms with van der Waals surface area (Å²) in [4.78, 5) is 32.7. The van der Waals surface area contributed by atoms with Crippen molar-refractivity contribution < 1.29 is 14.7 Å². The number of nitrogens with zero attached hydrogens (tertiary/aromatic N) is 2. The van der Waals surface area contributed by atoms with E-state index in [9.17, 15) is 14.7 Å². The number of aliphatic hydroxyl groups is 1. The van der Waals surface area contributed by atoms with E-state index >= 15 is 0 Å². The van der Waals surface area contributed by atoms with Crippen molar-refractivity contribution in [1.29, 1.82) is 0 Å². The molecule has 33 heavy (non-hydrogen) atoms. The number of β-amino-alcohol motifs (C(OH)–C–C–N with tert-alkyl or cyclic N) is 1. The first-order valence-corrected chi connectivity index (χ1v) is 12.2. The number of rotatable bonds is 6. The van der Waals surface area contributed by atoms with E-state index in [1.165, 1.54) is 11.1 Å². The van der Waals surface area contributed by atoms with Gasteiger partial charge in [-0.05, 0) is 48.3 Å². The third-order valence-corrected chi connectivity index (χ3v) is 7.53. The fourth-order valence-corrected chi connectivity index (χ4v) is 5.41. The lowest BCUT2D eigenvalue weighted by atomic mass is 9.78. The number of benzene rings is 1. The molecule has 0 unspecified atom stereocenters. The highest BCUT2D eigenvalue weighted by atomic mass is 16.3. The standard InChI is InChI=1S/C27H37N3O3/c1-6-22(26(3,4)5)25(33)30-16-20(31)15-23(30)24(32)29-27(12-13-27)19-9-7-18(8-10-19)21-11-14-28-17(21)2/h7-10,14,20,22-23,31H,6,11-13,15-16H2,1-5H3,(H,29,32)/t20-,22-,23+/m1/s1. The molecule has 0 radical (unpaired) electrons. The van der Waals surface area contributed by atoms with E-state index in [2.05, 4.69) is 55.3 Å². The second-order valence-corrected chi connectivity index (χ2v) is 11.0. The maximum atomic E-state index is 13.4. The number of amides is 2. The summed E-state index contributed by atoms with van der Waals surface area (Å²) >= 11 is 0. The molecule has 1 aliphatic carbocycles. The smallest absolute Gasteiger partial charge is 0.243 e. The fourth-order valence-electron chi connectivity index (χ4n) is 5.41. The topological polar surface area (TPSA) is 82.0 Å². The number of carbonyl (C=O) groups is 2. The van der Waals surface area contributed by atoms with E-state index in [-0.39, 0.29) is 35.2 Å². The molecule has 2 fully saturated rings. The van der Waals surface area contributed by atoms with Gasteiger partial charge in [0.2, 0.25) is 11.8 Å². The molecule has 3 aliphatic rings. The van der Waals surface area contributed by atoms with Crippen molar-refractivity contribution >= 4 is 23.6 Å². The summed E-state index contributed by atoms with van der Waals surface area (Å²) in [5.41, 5.74) is 3.99. The second kappa shape index (κ2) is 8.71. The van der Waals surface area contributed by atoms with Gasteiger partial charge in [-0.3, -0.25) is 14.6 Å². The molecule has 6 nitrogen and oxygen atoms in total. The lowest BCUT2D eigenvalue weighted by Gasteiger charge is -2.35. The van der Waals surface area contributed by atoms with Crippen LogP contribution in [0, 0.1) is 11.3 Å². The molecular weight excluding hydrogens is 414 g/mol. The summed E-state index contributed by atoms with van der Waals surface area (Å²) in [6.45, 7) is 10.4. The minimum absolute atomic E-state index is 0.0293. The van der Waals surface area contributed by atoms with E-state index in [1.54, 1.807) is 4.90 Å². The Balaban J connectivity index is 1.49. The van der Waals surface area contributed by atoms with Crippen LogP contribution in [0.5, 0.6) is 0 Å². The average Bonchev–Trinajstić information content (AvgIpc) is 3.21. The number of carbonyl (C=O) groups excluding carboxylic acids is 2. The molecule has 1 aromatic carbocycles. The Kier molecular flexibility index (Phi) is 6.25. The number of allylic oxidation sites excluding steroid dienone is 2. The monoisotopic (exact) mass is 451 g/mol. The lowest BCUT2D eigenvalue weighted by Crippen LogP contribution is -2.51. The normalized spacial score (nSPS) is 24.8. The van der Waals surface area contributed by atoms with E-state index in [4.69, 9.17) is 0 Å². The molecule has 4 rings (SSSR count). The van der Waals surface area contributed by atoms with Crippen molar-refractivity contribution in [2.75, 3.05) is 6.54 Å². The summed E-state index contributed by atoms with van der Waals surface area (Å²) in [6.07, 6.45) is 4.89. The Morgan fingerprint density at radius 2 is 1.91 bits per heavy atom. The van der Waals surface area contributed by atoms with Gasteiger partial charge in [-0.25, -0.2) is 0 Å². The molecule has 2 amide bonds. The molecular formula is C27H37N3O3. The zero-order valence-corrected chi connectivity index (χ0v) is 20.5. The highest BCUT2D eigenvalue weighted by molar-refractivity contribution is 5.90. The molecule has 178 valence electrons. The first-order chi connectivity index (χ1) is 15.6. The Morgan fingerprint density at radius 3 is 2.42 bits per heavy atom. The number of hydrogen-bond donors (Lipinski definition) is 2. The Labute approximate surface area is 197 Å². The van der Waals surface area contributed by atoms with Gasteiger partial charge >= 0.3 is 0 Å². The minimum atomic E-state index is -0.665. The van der Waals surface area contributed by atoms with Crippen molar-refractivity contribution in [2.45, 2.75) is 84.4 Å². The number of nitrogens with one attached hydrogen (secondary N) is 1. The van der Waals surface area contributed by atoms with Crippen molar-refractivity contribution in [3.8, 4) is 0 Å². The van der Waals surface area contributed by atoms with Gasteiger partial charge in [0.15, 0.2) is 0 Å². The largest absolute Gasteiger partial charge is 0.391 e. The first kappa shape index (κ1) is 23.7. The van der Waals surface area contributed by atoms with Crippen LogP contribution in [0.2, 0.25) is 0 Å². The van der Waals surface area contributed by atoms with Crippen LogP contribution in [0.1, 0.15) is 77.8 Å². The van der Waals surface area contributed by atoms with E-state index < -0.39 is 12.1 Å². The summed E-state index contributed by atoms with van der Waals surface area (Å²) in [5.74, 6) is -0.371. The number of aliphatic hydroxyl groups excluding tert-OH is 1. The Morgan fingerprint density at radius 1 is 1.24 bits per heavy atom. The van der Waals surface area contributed by atoms with E-state index in [0.717, 1.165) is 30.5 Å². The molecule has 0 aromatic heterocycles. The molecule has 1 saturated carbocycles. The predicted octanol–water partition coefficient (Wildman–Crippen LogP) is 4.03. The second-order valence-electron chi connectivity index (χ2n) is 11.0.